The van der Waals surface area contributed by atoms with Gasteiger partial charge in [0.2, 0.25) is 0 Å². The molecular weight excluding hydrogens is 238 g/mol. The van der Waals surface area contributed by atoms with Crippen LogP contribution in [0.15, 0.2) is 18.2 Å². The van der Waals surface area contributed by atoms with Gasteiger partial charge in [-0.1, -0.05) is 5.21 Å². The van der Waals surface area contributed by atoms with Crippen molar-refractivity contribution in [2.45, 2.75) is 0 Å². The van der Waals surface area contributed by atoms with Crippen LogP contribution in [0.2, 0.25) is 0 Å². The third-order valence-corrected chi connectivity index (χ3v) is 1.31. The molecule has 2 rings (SSSR count). The van der Waals surface area contributed by atoms with E-state index in [4.69, 9.17) is 5.11 Å². The molecule has 0 amide bonds. The van der Waals surface area contributed by atoms with E-state index in [0.29, 0.717) is 5.52 Å². The zero-order chi connectivity index (χ0) is 6.97. The van der Waals surface area contributed by atoms with Crippen LogP contribution in [0.3, 0.4) is 0 Å². The van der Waals surface area contributed by atoms with E-state index in [9.17, 15) is 0 Å². The normalized spacial score (nSPS) is 9.45. The van der Waals surface area contributed by atoms with E-state index in [2.05, 4.69) is 15.4 Å². The van der Waals surface area contributed by atoms with Gasteiger partial charge in [0.05, 0.1) is 5.52 Å². The maximum Gasteiger partial charge on any atom is 0.117 e. The van der Waals surface area contributed by atoms with Crippen molar-refractivity contribution in [2.24, 2.45) is 0 Å². The number of phenols is 1. The second-order valence-corrected chi connectivity index (χ2v) is 2.01. The summed E-state index contributed by atoms with van der Waals surface area (Å²) in [5.41, 5.74) is 1.51. The molecule has 0 atom stereocenters. The Morgan fingerprint density at radius 1 is 1.36 bits per heavy atom. The number of benzene rings is 1. The second-order valence-electron chi connectivity index (χ2n) is 2.01. The topological polar surface area (TPSA) is 61.8 Å². The number of nitrogens with one attached hydrogen (secondary N) is 1. The first-order valence-corrected chi connectivity index (χ1v) is 2.86. The Balaban J connectivity index is 0.000000605. The van der Waals surface area contributed by atoms with E-state index >= 15 is 0 Å². The number of rotatable bonds is 0. The zero-order valence-electron chi connectivity index (χ0n) is 5.38. The molecule has 11 heavy (non-hydrogen) atoms. The van der Waals surface area contributed by atoms with Gasteiger partial charge in [-0.15, -0.1) is 5.10 Å². The van der Waals surface area contributed by atoms with Crippen LogP contribution in [0.5, 0.6) is 5.75 Å². The summed E-state index contributed by atoms with van der Waals surface area (Å²) in [6, 6.07) is 4.87. The summed E-state index contributed by atoms with van der Waals surface area (Å²) < 4.78 is 0. The Bertz CT molecular complexity index is 359. The van der Waals surface area contributed by atoms with Crippen LogP contribution < -0.4 is 0 Å². The predicted octanol–water partition coefficient (Wildman–Crippen LogP) is 0.661. The number of hydrogen-bond donors (Lipinski definition) is 2. The van der Waals surface area contributed by atoms with Crippen LogP contribution in [0.25, 0.3) is 11.0 Å². The number of fused-ring (bicyclic) bond motifs is 1. The monoisotopic (exact) mass is 242 g/mol. The summed E-state index contributed by atoms with van der Waals surface area (Å²) in [4.78, 5) is 0. The van der Waals surface area contributed by atoms with Crippen molar-refractivity contribution in [3.8, 4) is 5.75 Å². The quantitative estimate of drug-likeness (QED) is 0.668. The molecule has 0 aliphatic heterocycles. The van der Waals surface area contributed by atoms with Crippen molar-refractivity contribution in [3.05, 3.63) is 18.2 Å². The molecule has 1 aromatic heterocycles. The summed E-state index contributed by atoms with van der Waals surface area (Å²) in [6.07, 6.45) is 0. The average molecular weight is 243 g/mol. The molecule has 4 nitrogen and oxygen atoms in total. The molecule has 0 spiro atoms. The fraction of sp³-hybridized carbons (Fsp3) is 0. The second kappa shape index (κ2) is 3.04. The van der Waals surface area contributed by atoms with E-state index in [-0.39, 0.29) is 28.1 Å². The molecule has 61 valence electrons. The number of hydrogen-bond acceptors (Lipinski definition) is 3. The summed E-state index contributed by atoms with van der Waals surface area (Å²) in [6.45, 7) is 0. The van der Waals surface area contributed by atoms with Gasteiger partial charge < -0.3 is 5.11 Å². The smallest absolute Gasteiger partial charge is 0.117 e. The Morgan fingerprint density at radius 2 is 2.18 bits per heavy atom. The molecule has 5 heteroatoms. The minimum Gasteiger partial charge on any atom is -0.508 e. The third kappa shape index (κ3) is 1.42. The van der Waals surface area contributed by atoms with Crippen molar-refractivity contribution in [1.82, 2.24) is 15.4 Å². The first-order valence-electron chi connectivity index (χ1n) is 2.86. The molecule has 1 aromatic carbocycles. The minimum atomic E-state index is 0. The maximum atomic E-state index is 8.97. The van der Waals surface area contributed by atoms with Crippen molar-refractivity contribution >= 4 is 11.0 Å². The van der Waals surface area contributed by atoms with E-state index < -0.39 is 0 Å². The van der Waals surface area contributed by atoms with Crippen LogP contribution in [0.1, 0.15) is 0 Å². The average Bonchev–Trinajstić information content (AvgIpc) is 2.33. The number of aromatic hydroxyl groups is 1. The summed E-state index contributed by atoms with van der Waals surface area (Å²) in [5, 5.41) is 18.9. The minimum absolute atomic E-state index is 0. The van der Waals surface area contributed by atoms with Crippen LogP contribution in [-0.4, -0.2) is 20.5 Å². The Morgan fingerprint density at radius 3 is 3.00 bits per heavy atom. The van der Waals surface area contributed by atoms with Crippen LogP contribution in [0, 0.1) is 0 Å². The molecule has 0 saturated carbocycles. The van der Waals surface area contributed by atoms with Crippen LogP contribution in [0.4, 0.5) is 0 Å². The summed E-state index contributed by atoms with van der Waals surface area (Å²) in [5.74, 6) is 0.210. The molecule has 0 unspecified atom stereocenters. The SMILES string of the molecule is Oc1ccc2[nH]nnc2c1.[Ag]. The fourth-order valence-corrected chi connectivity index (χ4v) is 0.830. The van der Waals surface area contributed by atoms with Gasteiger partial charge in [-0.3, -0.25) is 5.10 Å². The maximum absolute atomic E-state index is 8.97. The number of aromatic amines is 1. The molecule has 2 aromatic rings. The largest absolute Gasteiger partial charge is 0.508 e. The number of aromatic nitrogens is 3. The Kier molecular flexibility index (Phi) is 2.28. The molecule has 0 saturated heterocycles. The van der Waals surface area contributed by atoms with Gasteiger partial charge in [0.15, 0.2) is 0 Å². The Hall–Kier alpha value is -0.840. The van der Waals surface area contributed by atoms with Gasteiger partial charge in [0.25, 0.3) is 0 Å². The van der Waals surface area contributed by atoms with Crippen molar-refractivity contribution in [2.75, 3.05) is 0 Å². The standard InChI is InChI=1S/C6H5N3O.Ag/c10-4-1-2-5-6(3-4)8-9-7-5;/h1-3,10H,(H,7,8,9);. The van der Waals surface area contributed by atoms with Gasteiger partial charge in [-0.25, -0.2) is 0 Å². The van der Waals surface area contributed by atoms with Gasteiger partial charge in [-0.05, 0) is 12.1 Å². The van der Waals surface area contributed by atoms with Crippen LogP contribution in [-0.2, 0) is 22.4 Å². The van der Waals surface area contributed by atoms with Crippen molar-refractivity contribution < 1.29 is 27.5 Å². The first-order chi connectivity index (χ1) is 4.86. The number of H-pyrrole nitrogens is 1. The van der Waals surface area contributed by atoms with E-state index in [0.717, 1.165) is 5.52 Å². The van der Waals surface area contributed by atoms with Gasteiger partial charge >= 0.3 is 0 Å². The molecule has 0 aliphatic carbocycles. The number of nitrogens with zero attached hydrogens (tertiary/aromatic N) is 2. The molecule has 0 aliphatic rings. The van der Waals surface area contributed by atoms with Gasteiger partial charge in [-0.2, -0.15) is 0 Å². The molecule has 0 fully saturated rings. The first kappa shape index (κ1) is 8.26. The van der Waals surface area contributed by atoms with Crippen molar-refractivity contribution in [1.29, 1.82) is 0 Å². The zero-order valence-corrected chi connectivity index (χ0v) is 6.86. The molecule has 1 radical (unpaired) electrons. The predicted molar refractivity (Wildman–Crippen MR) is 35.6 cm³/mol. The van der Waals surface area contributed by atoms with E-state index in [1.165, 1.54) is 0 Å². The van der Waals surface area contributed by atoms with Crippen LogP contribution >= 0.6 is 0 Å². The third-order valence-electron chi connectivity index (χ3n) is 1.31. The van der Waals surface area contributed by atoms with Crippen molar-refractivity contribution in [3.63, 3.8) is 0 Å². The van der Waals surface area contributed by atoms with E-state index in [1.54, 1.807) is 18.2 Å². The molecule has 1 heterocycles. The molecular formula is C6H5AgN3O. The number of phenolic OH excluding ortho intramolecular Hbond substituents is 1. The Labute approximate surface area is 78.1 Å². The summed E-state index contributed by atoms with van der Waals surface area (Å²) >= 11 is 0. The van der Waals surface area contributed by atoms with E-state index in [1.807, 2.05) is 0 Å². The molecule has 0 bridgehead atoms. The molecule has 2 N–H and O–H groups in total. The fourth-order valence-electron chi connectivity index (χ4n) is 0.830. The summed E-state index contributed by atoms with van der Waals surface area (Å²) in [7, 11) is 0. The van der Waals surface area contributed by atoms with Gasteiger partial charge in [0, 0.05) is 28.4 Å². The van der Waals surface area contributed by atoms with Gasteiger partial charge in [0.1, 0.15) is 11.3 Å².